The second-order valence-corrected chi connectivity index (χ2v) is 5.89. The number of hydrogen-bond donors (Lipinski definition) is 2. The zero-order valence-corrected chi connectivity index (χ0v) is 13.3. The van der Waals surface area contributed by atoms with Gasteiger partial charge in [0.25, 0.3) is 0 Å². The number of nitrogens with two attached hydrogens (primary N) is 1. The number of halogens is 1. The van der Waals surface area contributed by atoms with E-state index < -0.39 is 0 Å². The van der Waals surface area contributed by atoms with Gasteiger partial charge in [0, 0.05) is 12.6 Å². The van der Waals surface area contributed by atoms with Crippen molar-refractivity contribution in [1.82, 2.24) is 10.2 Å². The summed E-state index contributed by atoms with van der Waals surface area (Å²) in [5.41, 5.74) is 6.10. The number of carbonyl (C=O) groups is 2. The maximum Gasteiger partial charge on any atom is 0.242 e. The molecule has 1 saturated carbocycles. The average molecular weight is 321 g/mol. The van der Waals surface area contributed by atoms with E-state index in [0.29, 0.717) is 13.0 Å². The van der Waals surface area contributed by atoms with Crippen molar-refractivity contribution in [2.24, 2.45) is 5.73 Å². The lowest BCUT2D eigenvalue weighted by Crippen LogP contribution is -2.46. The molecule has 2 amide bonds. The summed E-state index contributed by atoms with van der Waals surface area (Å²) in [5, 5.41) is 2.53. The van der Waals surface area contributed by atoms with Crippen LogP contribution in [-0.2, 0) is 16.0 Å². The third kappa shape index (κ3) is 5.32. The number of benzene rings is 1. The molecule has 2 rings (SSSR count). The first-order valence-electron chi connectivity index (χ1n) is 8.11. The minimum atomic E-state index is -0.338. The number of nitrogens with one attached hydrogen (secondary N) is 1. The summed E-state index contributed by atoms with van der Waals surface area (Å²) in [7, 11) is 0. The van der Waals surface area contributed by atoms with E-state index in [1.54, 1.807) is 6.07 Å². The Morgan fingerprint density at radius 3 is 2.70 bits per heavy atom. The van der Waals surface area contributed by atoms with Crippen LogP contribution in [0.3, 0.4) is 0 Å². The lowest BCUT2D eigenvalue weighted by Gasteiger charge is -2.29. The van der Waals surface area contributed by atoms with E-state index in [1.807, 2.05) is 11.0 Å². The fraction of sp³-hybridized carbons (Fsp3) is 0.529. The Bertz CT molecular complexity index is 544. The van der Waals surface area contributed by atoms with Crippen LogP contribution in [0.2, 0.25) is 0 Å². The smallest absolute Gasteiger partial charge is 0.242 e. The van der Waals surface area contributed by atoms with Gasteiger partial charge in [0.1, 0.15) is 5.82 Å². The Labute approximate surface area is 136 Å². The molecule has 0 bridgehead atoms. The van der Waals surface area contributed by atoms with E-state index in [0.717, 1.165) is 31.2 Å². The van der Waals surface area contributed by atoms with Gasteiger partial charge in [-0.25, -0.2) is 4.39 Å². The second kappa shape index (κ2) is 8.62. The van der Waals surface area contributed by atoms with E-state index in [9.17, 15) is 14.0 Å². The van der Waals surface area contributed by atoms with Gasteiger partial charge in [0.15, 0.2) is 0 Å². The van der Waals surface area contributed by atoms with Gasteiger partial charge in [-0.05, 0) is 37.0 Å². The van der Waals surface area contributed by atoms with Crippen molar-refractivity contribution in [3.8, 4) is 0 Å². The highest BCUT2D eigenvalue weighted by molar-refractivity contribution is 5.85. The minimum absolute atomic E-state index is 0.0321. The standard InChI is InChI=1S/C17H24FN3O2/c18-14-5-3-4-13(10-14)8-9-21(15-6-1-2-7-15)17(23)12-20-16(22)11-19/h3-5,10,15H,1-2,6-9,11-12,19H2,(H,20,22). The number of amides is 2. The normalized spacial score (nSPS) is 14.7. The van der Waals surface area contributed by atoms with Crippen LogP contribution in [0.1, 0.15) is 31.2 Å². The Kier molecular flexibility index (Phi) is 6.52. The molecule has 0 unspecified atom stereocenters. The molecule has 1 aliphatic carbocycles. The third-order valence-electron chi connectivity index (χ3n) is 4.24. The second-order valence-electron chi connectivity index (χ2n) is 5.89. The van der Waals surface area contributed by atoms with Gasteiger partial charge < -0.3 is 16.0 Å². The molecule has 1 aromatic carbocycles. The number of hydrogen-bond acceptors (Lipinski definition) is 3. The molecular weight excluding hydrogens is 297 g/mol. The molecule has 0 radical (unpaired) electrons. The van der Waals surface area contributed by atoms with Crippen LogP contribution >= 0.6 is 0 Å². The van der Waals surface area contributed by atoms with Crippen LogP contribution in [0.25, 0.3) is 0 Å². The van der Waals surface area contributed by atoms with Crippen LogP contribution in [0.5, 0.6) is 0 Å². The van der Waals surface area contributed by atoms with Gasteiger partial charge >= 0.3 is 0 Å². The topological polar surface area (TPSA) is 75.4 Å². The zero-order valence-electron chi connectivity index (χ0n) is 13.3. The number of rotatable bonds is 7. The molecular formula is C17H24FN3O2. The molecule has 0 aliphatic heterocycles. The van der Waals surface area contributed by atoms with Crippen molar-refractivity contribution < 1.29 is 14.0 Å². The Hall–Kier alpha value is -1.95. The van der Waals surface area contributed by atoms with Gasteiger partial charge in [-0.3, -0.25) is 9.59 Å². The number of nitrogens with zero attached hydrogens (tertiary/aromatic N) is 1. The summed E-state index contributed by atoms with van der Waals surface area (Å²) in [6, 6.07) is 6.65. The molecule has 0 saturated heterocycles. The Balaban J connectivity index is 1.96. The van der Waals surface area contributed by atoms with Crippen LogP contribution in [0, 0.1) is 5.82 Å². The lowest BCUT2D eigenvalue weighted by atomic mass is 10.1. The van der Waals surface area contributed by atoms with Crippen LogP contribution < -0.4 is 11.1 Å². The molecule has 0 atom stereocenters. The molecule has 23 heavy (non-hydrogen) atoms. The zero-order chi connectivity index (χ0) is 16.7. The summed E-state index contributed by atoms with van der Waals surface area (Å²) in [6.07, 6.45) is 4.80. The maximum absolute atomic E-state index is 13.3. The van der Waals surface area contributed by atoms with Crippen molar-refractivity contribution in [3.05, 3.63) is 35.6 Å². The minimum Gasteiger partial charge on any atom is -0.346 e. The molecule has 1 aromatic rings. The predicted octanol–water partition coefficient (Wildman–Crippen LogP) is 1.21. The molecule has 5 nitrogen and oxygen atoms in total. The maximum atomic E-state index is 13.3. The molecule has 0 spiro atoms. The quantitative estimate of drug-likeness (QED) is 0.793. The van der Waals surface area contributed by atoms with Gasteiger partial charge in [-0.2, -0.15) is 0 Å². The van der Waals surface area contributed by atoms with E-state index >= 15 is 0 Å². The van der Waals surface area contributed by atoms with Crippen molar-refractivity contribution in [2.75, 3.05) is 19.6 Å². The van der Waals surface area contributed by atoms with E-state index in [1.165, 1.54) is 12.1 Å². The highest BCUT2D eigenvalue weighted by atomic mass is 19.1. The van der Waals surface area contributed by atoms with Gasteiger partial charge in [0.05, 0.1) is 13.1 Å². The first kappa shape index (κ1) is 17.4. The largest absolute Gasteiger partial charge is 0.346 e. The van der Waals surface area contributed by atoms with E-state index in [-0.39, 0.29) is 36.8 Å². The van der Waals surface area contributed by atoms with Gasteiger partial charge in [-0.15, -0.1) is 0 Å². The summed E-state index contributed by atoms with van der Waals surface area (Å²) >= 11 is 0. The SMILES string of the molecule is NCC(=O)NCC(=O)N(CCc1cccc(F)c1)C1CCCC1. The highest BCUT2D eigenvalue weighted by Crippen LogP contribution is 2.24. The van der Waals surface area contributed by atoms with Crippen LogP contribution in [0.15, 0.2) is 24.3 Å². The van der Waals surface area contributed by atoms with Crippen molar-refractivity contribution in [3.63, 3.8) is 0 Å². The van der Waals surface area contributed by atoms with Crippen molar-refractivity contribution in [1.29, 1.82) is 0 Å². The monoisotopic (exact) mass is 321 g/mol. The van der Waals surface area contributed by atoms with Crippen molar-refractivity contribution in [2.45, 2.75) is 38.1 Å². The van der Waals surface area contributed by atoms with Crippen LogP contribution in [-0.4, -0.2) is 42.4 Å². The molecule has 126 valence electrons. The lowest BCUT2D eigenvalue weighted by molar-refractivity contribution is -0.134. The highest BCUT2D eigenvalue weighted by Gasteiger charge is 2.26. The summed E-state index contributed by atoms with van der Waals surface area (Å²) < 4.78 is 13.3. The molecule has 3 N–H and O–H groups in total. The molecule has 0 heterocycles. The summed E-state index contributed by atoms with van der Waals surface area (Å²) in [5.74, 6) is -0.707. The molecule has 0 aromatic heterocycles. The van der Waals surface area contributed by atoms with E-state index in [2.05, 4.69) is 5.32 Å². The Morgan fingerprint density at radius 2 is 2.04 bits per heavy atom. The van der Waals surface area contributed by atoms with E-state index in [4.69, 9.17) is 5.73 Å². The van der Waals surface area contributed by atoms with Gasteiger partial charge in [-0.1, -0.05) is 25.0 Å². The molecule has 6 heteroatoms. The van der Waals surface area contributed by atoms with Crippen LogP contribution in [0.4, 0.5) is 4.39 Å². The first-order chi connectivity index (χ1) is 11.1. The van der Waals surface area contributed by atoms with Crippen molar-refractivity contribution >= 4 is 11.8 Å². The molecule has 1 fully saturated rings. The fourth-order valence-corrected chi connectivity index (χ4v) is 3.02. The average Bonchev–Trinajstić information content (AvgIpc) is 3.07. The third-order valence-corrected chi connectivity index (χ3v) is 4.24. The predicted molar refractivity (Wildman–Crippen MR) is 86.1 cm³/mol. The summed E-state index contributed by atoms with van der Waals surface area (Å²) in [6.45, 7) is 0.376. The fourth-order valence-electron chi connectivity index (χ4n) is 3.02. The molecule has 1 aliphatic rings. The summed E-state index contributed by atoms with van der Waals surface area (Å²) in [4.78, 5) is 25.5. The van der Waals surface area contributed by atoms with Gasteiger partial charge in [0.2, 0.25) is 11.8 Å². The number of carbonyl (C=O) groups excluding carboxylic acids is 2. The first-order valence-corrected chi connectivity index (χ1v) is 8.11. The Morgan fingerprint density at radius 1 is 1.30 bits per heavy atom.